The summed E-state index contributed by atoms with van der Waals surface area (Å²) in [5.41, 5.74) is 11.3. The summed E-state index contributed by atoms with van der Waals surface area (Å²) < 4.78 is 1.87. The first-order valence-electron chi connectivity index (χ1n) is 3.20. The number of aryl methyl sites for hydroxylation is 1. The number of nitrogens with zero attached hydrogens (tertiary/aromatic N) is 3. The fraction of sp³-hybridized carbons (Fsp3) is 0.333. The molecule has 0 amide bonds. The van der Waals surface area contributed by atoms with Crippen molar-refractivity contribution < 1.29 is 0 Å². The van der Waals surface area contributed by atoms with Crippen LogP contribution in [0.4, 0.5) is 0 Å². The van der Waals surface area contributed by atoms with Gasteiger partial charge in [0.15, 0.2) is 5.96 Å². The van der Waals surface area contributed by atoms with Crippen LogP contribution in [0.5, 0.6) is 0 Å². The Morgan fingerprint density at radius 3 is 2.91 bits per heavy atom. The molecule has 0 unspecified atom stereocenters. The number of nitrogens with two attached hydrogens (primary N) is 2. The summed E-state index contributed by atoms with van der Waals surface area (Å²) in [6, 6.07) is 0. The predicted molar refractivity (Wildman–Crippen MR) is 42.7 cm³/mol. The van der Waals surface area contributed by atoms with Crippen LogP contribution >= 0.6 is 0 Å². The molecule has 1 aromatic heterocycles. The molecule has 0 atom stereocenters. The SMILES string of the molecule is Cn1cncc1CN=C(N)N. The molecular weight excluding hydrogens is 142 g/mol. The molecule has 5 nitrogen and oxygen atoms in total. The van der Waals surface area contributed by atoms with E-state index in [4.69, 9.17) is 11.5 Å². The molecule has 1 heterocycles. The lowest BCUT2D eigenvalue weighted by Crippen LogP contribution is -2.22. The van der Waals surface area contributed by atoms with Crippen LogP contribution in [0.3, 0.4) is 0 Å². The molecule has 60 valence electrons. The minimum absolute atomic E-state index is 0.103. The summed E-state index contributed by atoms with van der Waals surface area (Å²) >= 11 is 0. The van der Waals surface area contributed by atoms with Crippen molar-refractivity contribution in [1.82, 2.24) is 9.55 Å². The second-order valence-corrected chi connectivity index (χ2v) is 2.24. The van der Waals surface area contributed by atoms with E-state index in [-0.39, 0.29) is 5.96 Å². The van der Waals surface area contributed by atoms with Crippen LogP contribution in [0.15, 0.2) is 17.5 Å². The van der Waals surface area contributed by atoms with Gasteiger partial charge in [-0.25, -0.2) is 9.98 Å². The van der Waals surface area contributed by atoms with Crippen molar-refractivity contribution in [1.29, 1.82) is 0 Å². The van der Waals surface area contributed by atoms with Gasteiger partial charge < -0.3 is 16.0 Å². The third-order valence-electron chi connectivity index (χ3n) is 1.34. The lowest BCUT2D eigenvalue weighted by molar-refractivity contribution is 0.820. The van der Waals surface area contributed by atoms with E-state index < -0.39 is 0 Å². The number of hydrogen-bond acceptors (Lipinski definition) is 2. The summed E-state index contributed by atoms with van der Waals surface area (Å²) in [6.07, 6.45) is 3.43. The zero-order chi connectivity index (χ0) is 8.27. The molecule has 0 spiro atoms. The standard InChI is InChI=1S/C6H11N5/c1-11-4-9-2-5(11)3-10-6(7)8/h2,4H,3H2,1H3,(H4,7,8,10). The first-order valence-corrected chi connectivity index (χ1v) is 3.20. The van der Waals surface area contributed by atoms with Gasteiger partial charge in [-0.3, -0.25) is 0 Å². The molecule has 0 saturated heterocycles. The summed E-state index contributed by atoms with van der Waals surface area (Å²) in [4.78, 5) is 7.75. The Kier molecular flexibility index (Phi) is 2.10. The Balaban J connectivity index is 2.65. The van der Waals surface area contributed by atoms with E-state index >= 15 is 0 Å². The molecule has 1 rings (SSSR count). The zero-order valence-electron chi connectivity index (χ0n) is 6.36. The molecular formula is C6H11N5. The van der Waals surface area contributed by atoms with Gasteiger partial charge in [0, 0.05) is 7.05 Å². The largest absolute Gasteiger partial charge is 0.370 e. The van der Waals surface area contributed by atoms with Gasteiger partial charge in [0.1, 0.15) is 0 Å². The highest BCUT2D eigenvalue weighted by molar-refractivity contribution is 5.75. The van der Waals surface area contributed by atoms with Gasteiger partial charge in [0.2, 0.25) is 0 Å². The lowest BCUT2D eigenvalue weighted by atomic mass is 10.5. The smallest absolute Gasteiger partial charge is 0.186 e. The maximum Gasteiger partial charge on any atom is 0.186 e. The van der Waals surface area contributed by atoms with Crippen LogP contribution in [0.1, 0.15) is 5.69 Å². The Labute approximate surface area is 64.7 Å². The first kappa shape index (κ1) is 7.59. The maximum absolute atomic E-state index is 5.16. The molecule has 5 heteroatoms. The third-order valence-corrected chi connectivity index (χ3v) is 1.34. The molecule has 1 aromatic rings. The first-order chi connectivity index (χ1) is 5.20. The molecule has 0 fully saturated rings. The van der Waals surface area contributed by atoms with E-state index in [1.54, 1.807) is 12.5 Å². The minimum Gasteiger partial charge on any atom is -0.370 e. The summed E-state index contributed by atoms with van der Waals surface area (Å²) in [5, 5.41) is 0. The molecule has 0 aliphatic carbocycles. The fourth-order valence-electron chi connectivity index (χ4n) is 0.709. The van der Waals surface area contributed by atoms with E-state index in [2.05, 4.69) is 9.98 Å². The highest BCUT2D eigenvalue weighted by atomic mass is 15.1. The Morgan fingerprint density at radius 2 is 2.45 bits per heavy atom. The Morgan fingerprint density at radius 1 is 1.73 bits per heavy atom. The molecule has 4 N–H and O–H groups in total. The van der Waals surface area contributed by atoms with Crippen LogP contribution in [-0.2, 0) is 13.6 Å². The number of aliphatic imine (C=N–C) groups is 1. The third kappa shape index (κ3) is 1.96. The van der Waals surface area contributed by atoms with Crippen molar-refractivity contribution in [3.63, 3.8) is 0 Å². The molecule has 0 aliphatic heterocycles. The van der Waals surface area contributed by atoms with Gasteiger partial charge in [-0.1, -0.05) is 0 Å². The summed E-state index contributed by atoms with van der Waals surface area (Å²) in [5.74, 6) is 0.103. The average Bonchev–Trinajstić information content (AvgIpc) is 2.31. The number of imidazole rings is 1. The average molecular weight is 153 g/mol. The second-order valence-electron chi connectivity index (χ2n) is 2.24. The van der Waals surface area contributed by atoms with E-state index in [1.165, 1.54) is 0 Å². The van der Waals surface area contributed by atoms with Crippen LogP contribution in [0.25, 0.3) is 0 Å². The molecule has 11 heavy (non-hydrogen) atoms. The summed E-state index contributed by atoms with van der Waals surface area (Å²) in [6.45, 7) is 0.485. The van der Waals surface area contributed by atoms with Gasteiger partial charge in [-0.2, -0.15) is 0 Å². The van der Waals surface area contributed by atoms with Crippen molar-refractivity contribution in [2.24, 2.45) is 23.5 Å². The number of hydrogen-bond donors (Lipinski definition) is 2. The van der Waals surface area contributed by atoms with E-state index in [1.807, 2.05) is 11.6 Å². The van der Waals surface area contributed by atoms with E-state index in [9.17, 15) is 0 Å². The van der Waals surface area contributed by atoms with Crippen molar-refractivity contribution in [2.45, 2.75) is 6.54 Å². The van der Waals surface area contributed by atoms with Gasteiger partial charge in [0.25, 0.3) is 0 Å². The van der Waals surface area contributed by atoms with Crippen molar-refractivity contribution in [2.75, 3.05) is 0 Å². The van der Waals surface area contributed by atoms with Crippen LogP contribution in [0, 0.1) is 0 Å². The number of guanidine groups is 1. The second kappa shape index (κ2) is 3.05. The van der Waals surface area contributed by atoms with Gasteiger partial charge in [-0.05, 0) is 0 Å². The van der Waals surface area contributed by atoms with Crippen molar-refractivity contribution in [3.8, 4) is 0 Å². The van der Waals surface area contributed by atoms with Gasteiger partial charge in [0.05, 0.1) is 24.8 Å². The van der Waals surface area contributed by atoms with E-state index in [0.29, 0.717) is 6.54 Å². The molecule has 0 radical (unpaired) electrons. The fourth-order valence-corrected chi connectivity index (χ4v) is 0.709. The van der Waals surface area contributed by atoms with Crippen LogP contribution in [0.2, 0.25) is 0 Å². The van der Waals surface area contributed by atoms with E-state index in [0.717, 1.165) is 5.69 Å². The quantitative estimate of drug-likeness (QED) is 0.430. The molecule has 0 bridgehead atoms. The van der Waals surface area contributed by atoms with Gasteiger partial charge in [-0.15, -0.1) is 0 Å². The number of rotatable bonds is 2. The highest BCUT2D eigenvalue weighted by Gasteiger charge is 1.94. The zero-order valence-corrected chi connectivity index (χ0v) is 6.36. The van der Waals surface area contributed by atoms with Crippen LogP contribution < -0.4 is 11.5 Å². The van der Waals surface area contributed by atoms with Crippen LogP contribution in [-0.4, -0.2) is 15.5 Å². The van der Waals surface area contributed by atoms with Gasteiger partial charge >= 0.3 is 0 Å². The maximum atomic E-state index is 5.16. The monoisotopic (exact) mass is 153 g/mol. The topological polar surface area (TPSA) is 82.2 Å². The summed E-state index contributed by atoms with van der Waals surface area (Å²) in [7, 11) is 1.89. The minimum atomic E-state index is 0.103. The van der Waals surface area contributed by atoms with Crippen molar-refractivity contribution >= 4 is 5.96 Å². The normalized spacial score (nSPS) is 9.55. The Bertz CT molecular complexity index is 258. The molecule has 0 aromatic carbocycles. The molecule has 0 aliphatic rings. The van der Waals surface area contributed by atoms with Crippen molar-refractivity contribution in [3.05, 3.63) is 18.2 Å². The number of aromatic nitrogens is 2. The predicted octanol–water partition coefficient (Wildman–Crippen LogP) is -0.806. The Hall–Kier alpha value is -1.52. The lowest BCUT2D eigenvalue weighted by Gasteiger charge is -1.96. The molecule has 0 saturated carbocycles. The highest BCUT2D eigenvalue weighted by Crippen LogP contribution is 1.96.